The summed E-state index contributed by atoms with van der Waals surface area (Å²) in [7, 11) is 0. The Kier molecular flexibility index (Phi) is 3.23. The molecule has 0 unspecified atom stereocenters. The predicted molar refractivity (Wildman–Crippen MR) is 75.9 cm³/mol. The summed E-state index contributed by atoms with van der Waals surface area (Å²) in [6.45, 7) is 3.92. The Balaban J connectivity index is 2.10. The molecular weight excluding hydrogens is 308 g/mol. The van der Waals surface area contributed by atoms with Crippen molar-refractivity contribution in [2.24, 2.45) is 0 Å². The topological polar surface area (TPSA) is 51.6 Å². The zero-order chi connectivity index (χ0) is 12.7. The van der Waals surface area contributed by atoms with Crippen LogP contribution in [0.3, 0.4) is 0 Å². The second-order valence-corrected chi connectivity index (χ2v) is 7.14. The van der Waals surface area contributed by atoms with Crippen molar-refractivity contribution in [1.82, 2.24) is 19.3 Å². The van der Waals surface area contributed by atoms with Crippen LogP contribution in [-0.2, 0) is 0 Å². The summed E-state index contributed by atoms with van der Waals surface area (Å²) in [5.74, 6) is 0.778. The van der Waals surface area contributed by atoms with Crippen LogP contribution in [0.4, 0.5) is 0 Å². The largest absolute Gasteiger partial charge is 0.224 e. The third-order valence-electron chi connectivity index (χ3n) is 2.15. The average Bonchev–Trinajstić information content (AvgIpc) is 2.84. The molecule has 0 aliphatic rings. The molecule has 0 bridgehead atoms. The first-order valence-corrected chi connectivity index (χ1v) is 7.82. The second kappa shape index (κ2) is 4.73. The highest BCUT2D eigenvalue weighted by molar-refractivity contribution is 8.01. The molecule has 0 radical (unpaired) electrons. The third-order valence-corrected chi connectivity index (χ3v) is 5.11. The van der Waals surface area contributed by atoms with Crippen LogP contribution in [0, 0.1) is 13.8 Å². The average molecular weight is 315 g/mol. The Morgan fingerprint density at radius 1 is 1.22 bits per heavy atom. The van der Waals surface area contributed by atoms with Gasteiger partial charge in [-0.25, -0.2) is 15.0 Å². The quantitative estimate of drug-likeness (QED) is 0.529. The fraction of sp³-hybridized carbons (Fsp3) is 0.200. The van der Waals surface area contributed by atoms with E-state index in [1.807, 2.05) is 13.8 Å². The number of halogens is 1. The van der Waals surface area contributed by atoms with E-state index in [2.05, 4.69) is 25.4 Å². The predicted octanol–water partition coefficient (Wildman–Crippen LogP) is 3.96. The van der Waals surface area contributed by atoms with Gasteiger partial charge in [0.05, 0.1) is 0 Å². The van der Waals surface area contributed by atoms with Crippen molar-refractivity contribution < 1.29 is 0 Å². The van der Waals surface area contributed by atoms with E-state index in [0.29, 0.717) is 0 Å². The summed E-state index contributed by atoms with van der Waals surface area (Å²) in [6, 6.07) is 2.08. The molecule has 3 aromatic rings. The van der Waals surface area contributed by atoms with Crippen molar-refractivity contribution >= 4 is 56.4 Å². The lowest BCUT2D eigenvalue weighted by molar-refractivity contribution is 1.08. The molecule has 4 nitrogen and oxygen atoms in total. The van der Waals surface area contributed by atoms with E-state index in [1.54, 1.807) is 11.3 Å². The maximum atomic E-state index is 5.94. The highest BCUT2D eigenvalue weighted by Crippen LogP contribution is 2.36. The second-order valence-electron chi connectivity index (χ2n) is 3.58. The van der Waals surface area contributed by atoms with Crippen molar-refractivity contribution in [3.63, 3.8) is 0 Å². The molecule has 0 saturated carbocycles. The number of nitrogens with zero attached hydrogens (tertiary/aromatic N) is 4. The first kappa shape index (κ1) is 12.3. The molecule has 0 fully saturated rings. The van der Waals surface area contributed by atoms with E-state index in [-0.39, 0.29) is 5.28 Å². The molecule has 92 valence electrons. The van der Waals surface area contributed by atoms with Crippen molar-refractivity contribution in [3.05, 3.63) is 22.1 Å². The van der Waals surface area contributed by atoms with Crippen LogP contribution >= 0.6 is 46.2 Å². The van der Waals surface area contributed by atoms with Crippen LogP contribution in [0.2, 0.25) is 5.28 Å². The highest BCUT2D eigenvalue weighted by atomic mass is 35.5. The number of hydrogen-bond acceptors (Lipinski definition) is 7. The van der Waals surface area contributed by atoms with Gasteiger partial charge in [0, 0.05) is 10.3 Å². The Labute approximate surface area is 121 Å². The maximum Gasteiger partial charge on any atom is 0.224 e. The molecule has 18 heavy (non-hydrogen) atoms. The number of hydrogen-bond donors (Lipinski definition) is 0. The fourth-order valence-corrected chi connectivity index (χ4v) is 4.35. The van der Waals surface area contributed by atoms with Crippen LogP contribution in [0.25, 0.3) is 10.2 Å². The molecule has 3 heterocycles. The SMILES string of the molecule is Cc1nsc(Sc2nc(Cl)nc3sc(C)cc23)n1. The van der Waals surface area contributed by atoms with Gasteiger partial charge in [-0.1, -0.05) is 0 Å². The molecule has 0 aromatic carbocycles. The molecule has 0 N–H and O–H groups in total. The van der Waals surface area contributed by atoms with Crippen LogP contribution in [-0.4, -0.2) is 19.3 Å². The van der Waals surface area contributed by atoms with Gasteiger partial charge in [-0.3, -0.25) is 0 Å². The molecule has 0 aliphatic carbocycles. The van der Waals surface area contributed by atoms with Crippen LogP contribution < -0.4 is 0 Å². The molecule has 0 saturated heterocycles. The Hall–Kier alpha value is -0.760. The van der Waals surface area contributed by atoms with Gasteiger partial charge in [0.15, 0.2) is 4.34 Å². The van der Waals surface area contributed by atoms with E-state index in [0.717, 1.165) is 25.4 Å². The first-order chi connectivity index (χ1) is 8.61. The molecule has 8 heteroatoms. The standard InChI is InChI=1S/C10H7ClN4S3/c1-4-3-6-7(16-4)13-9(11)14-8(6)17-10-12-5(2)15-18-10/h3H,1-2H3. The monoisotopic (exact) mass is 314 g/mol. The van der Waals surface area contributed by atoms with Gasteiger partial charge >= 0.3 is 0 Å². The molecule has 0 amide bonds. The van der Waals surface area contributed by atoms with Crippen LogP contribution in [0.5, 0.6) is 0 Å². The van der Waals surface area contributed by atoms with E-state index in [9.17, 15) is 0 Å². The molecule has 0 spiro atoms. The van der Waals surface area contributed by atoms with Gasteiger partial charge in [-0.2, -0.15) is 4.37 Å². The number of aromatic nitrogens is 4. The van der Waals surface area contributed by atoms with Gasteiger partial charge in [0.2, 0.25) is 5.28 Å². The highest BCUT2D eigenvalue weighted by Gasteiger charge is 2.13. The zero-order valence-corrected chi connectivity index (χ0v) is 12.7. The van der Waals surface area contributed by atoms with Gasteiger partial charge in [0.1, 0.15) is 15.7 Å². The molecule has 3 rings (SSSR count). The summed E-state index contributed by atoms with van der Waals surface area (Å²) < 4.78 is 5.02. The minimum absolute atomic E-state index is 0.271. The molecule has 3 aromatic heterocycles. The molecule has 0 atom stereocenters. The van der Waals surface area contributed by atoms with Crippen molar-refractivity contribution in [1.29, 1.82) is 0 Å². The fourth-order valence-electron chi connectivity index (χ4n) is 1.47. The van der Waals surface area contributed by atoms with Crippen LogP contribution in [0.1, 0.15) is 10.7 Å². The Bertz CT molecular complexity index is 721. The van der Waals surface area contributed by atoms with E-state index < -0.39 is 0 Å². The van der Waals surface area contributed by atoms with Crippen molar-refractivity contribution in [2.45, 2.75) is 23.2 Å². The summed E-state index contributed by atoms with van der Waals surface area (Å²) >= 11 is 10.4. The van der Waals surface area contributed by atoms with Gasteiger partial charge in [-0.15, -0.1) is 11.3 Å². The first-order valence-electron chi connectivity index (χ1n) is 5.03. The minimum Gasteiger partial charge on any atom is -0.213 e. The van der Waals surface area contributed by atoms with E-state index in [1.165, 1.54) is 28.2 Å². The van der Waals surface area contributed by atoms with E-state index in [4.69, 9.17) is 11.6 Å². The lowest BCUT2D eigenvalue weighted by atomic mass is 10.4. The molecule has 0 aliphatic heterocycles. The van der Waals surface area contributed by atoms with Crippen molar-refractivity contribution in [2.75, 3.05) is 0 Å². The van der Waals surface area contributed by atoms with Gasteiger partial charge in [0.25, 0.3) is 0 Å². The van der Waals surface area contributed by atoms with Gasteiger partial charge < -0.3 is 0 Å². The lowest BCUT2D eigenvalue weighted by Crippen LogP contribution is -1.86. The smallest absolute Gasteiger partial charge is 0.213 e. The maximum absolute atomic E-state index is 5.94. The lowest BCUT2D eigenvalue weighted by Gasteiger charge is -1.99. The summed E-state index contributed by atoms with van der Waals surface area (Å²) in [4.78, 5) is 14.9. The minimum atomic E-state index is 0.271. The third kappa shape index (κ3) is 2.35. The van der Waals surface area contributed by atoms with Crippen LogP contribution in [0.15, 0.2) is 15.4 Å². The van der Waals surface area contributed by atoms with Gasteiger partial charge in [-0.05, 0) is 54.8 Å². The Morgan fingerprint density at radius 2 is 2.06 bits per heavy atom. The summed E-state index contributed by atoms with van der Waals surface area (Å²) in [5.41, 5.74) is 0. The summed E-state index contributed by atoms with van der Waals surface area (Å²) in [6.07, 6.45) is 0. The normalized spacial score (nSPS) is 11.3. The number of fused-ring (bicyclic) bond motifs is 1. The number of aryl methyl sites for hydroxylation is 2. The number of thiophene rings is 1. The zero-order valence-electron chi connectivity index (χ0n) is 9.47. The Morgan fingerprint density at radius 3 is 2.78 bits per heavy atom. The van der Waals surface area contributed by atoms with Crippen molar-refractivity contribution in [3.8, 4) is 0 Å². The molecular formula is C10H7ClN4S3. The number of rotatable bonds is 2. The summed E-state index contributed by atoms with van der Waals surface area (Å²) in [5, 5.41) is 2.14. The van der Waals surface area contributed by atoms with E-state index >= 15 is 0 Å².